The van der Waals surface area contributed by atoms with E-state index in [1.54, 1.807) is 6.92 Å². The average molecular weight is 258 g/mol. The zero-order valence-electron chi connectivity index (χ0n) is 9.55. The van der Waals surface area contributed by atoms with Crippen LogP contribution in [0, 0.1) is 0 Å². The lowest BCUT2D eigenvalue weighted by Crippen LogP contribution is -2.23. The van der Waals surface area contributed by atoms with Gasteiger partial charge < -0.3 is 10.5 Å². The van der Waals surface area contributed by atoms with Gasteiger partial charge in [-0.25, -0.2) is 0 Å². The van der Waals surface area contributed by atoms with Crippen molar-refractivity contribution in [3.05, 3.63) is 35.9 Å². The normalized spacial score (nSPS) is 10.3. The largest absolute Gasteiger partial charge is 0.459 e. The second-order valence-corrected chi connectivity index (χ2v) is 3.23. The quantitative estimate of drug-likeness (QED) is 0.358. The molecule has 5 nitrogen and oxygen atoms in total. The molecule has 0 radical (unpaired) electrons. The first-order valence-electron chi connectivity index (χ1n) is 4.90. The Hall–Kier alpha value is -1.75. The number of nitrogens with two attached hydrogens (primary N) is 1. The number of benzene rings is 1. The van der Waals surface area contributed by atoms with E-state index in [4.69, 9.17) is 10.5 Å². The van der Waals surface area contributed by atoms with E-state index in [2.05, 4.69) is 10.5 Å². The molecular formula is C11H16ClN3O2. The number of nitrogens with zero attached hydrogens (tertiary/aromatic N) is 1. The molecule has 0 bridgehead atoms. The van der Waals surface area contributed by atoms with Crippen LogP contribution < -0.4 is 11.2 Å². The molecule has 0 aliphatic carbocycles. The van der Waals surface area contributed by atoms with Crippen molar-refractivity contribution in [2.45, 2.75) is 13.5 Å². The first-order valence-corrected chi connectivity index (χ1v) is 4.90. The van der Waals surface area contributed by atoms with Gasteiger partial charge in [-0.2, -0.15) is 5.10 Å². The van der Waals surface area contributed by atoms with Gasteiger partial charge in [0.25, 0.3) is 0 Å². The van der Waals surface area contributed by atoms with E-state index in [9.17, 15) is 4.79 Å². The maximum atomic E-state index is 11.2. The second-order valence-electron chi connectivity index (χ2n) is 3.23. The summed E-state index contributed by atoms with van der Waals surface area (Å²) in [7, 11) is 0. The third kappa shape index (κ3) is 7.19. The van der Waals surface area contributed by atoms with Crippen molar-refractivity contribution in [1.29, 1.82) is 0 Å². The van der Waals surface area contributed by atoms with Gasteiger partial charge in [0.1, 0.15) is 19.0 Å². The number of hydrazone groups is 1. The zero-order chi connectivity index (χ0) is 11.8. The summed E-state index contributed by atoms with van der Waals surface area (Å²) in [5.74, 6) is 0.00436. The summed E-state index contributed by atoms with van der Waals surface area (Å²) >= 11 is 0. The molecule has 17 heavy (non-hydrogen) atoms. The Labute approximate surface area is 106 Å². The molecule has 6 heteroatoms. The molecule has 94 valence electrons. The number of rotatable bonds is 5. The van der Waals surface area contributed by atoms with Crippen molar-refractivity contribution in [2.75, 3.05) is 6.54 Å². The Balaban J connectivity index is 0.00000256. The molecule has 0 aromatic heterocycles. The predicted molar refractivity (Wildman–Crippen MR) is 68.8 cm³/mol. The molecule has 0 saturated heterocycles. The van der Waals surface area contributed by atoms with Gasteiger partial charge in [0.2, 0.25) is 0 Å². The Morgan fingerprint density at radius 2 is 2.06 bits per heavy atom. The van der Waals surface area contributed by atoms with Gasteiger partial charge in [-0.15, -0.1) is 12.4 Å². The highest BCUT2D eigenvalue weighted by molar-refractivity contribution is 5.85. The van der Waals surface area contributed by atoms with E-state index in [0.29, 0.717) is 5.84 Å². The number of carbonyl (C=O) groups is 1. The molecule has 1 rings (SSSR count). The summed E-state index contributed by atoms with van der Waals surface area (Å²) in [6.45, 7) is 1.91. The van der Waals surface area contributed by atoms with Gasteiger partial charge in [-0.3, -0.25) is 10.2 Å². The van der Waals surface area contributed by atoms with Crippen LogP contribution in [0.5, 0.6) is 0 Å². The standard InChI is InChI=1S/C11H15N3O2.ClH/c1-9(12)14-13-7-11(15)16-8-10-5-3-2-4-6-10;/h2-6,13H,7-8H2,1H3,(H2,12,14);1H. The van der Waals surface area contributed by atoms with Crippen molar-refractivity contribution in [3.63, 3.8) is 0 Å². The fourth-order valence-electron chi connectivity index (χ4n) is 1.02. The summed E-state index contributed by atoms with van der Waals surface area (Å²) in [5, 5.41) is 3.66. The summed E-state index contributed by atoms with van der Waals surface area (Å²) in [6.07, 6.45) is 0. The lowest BCUT2D eigenvalue weighted by molar-refractivity contribution is -0.143. The average Bonchev–Trinajstić information content (AvgIpc) is 2.27. The SMILES string of the molecule is CC(N)=NNCC(=O)OCc1ccccc1.Cl. The Bertz CT molecular complexity index is 364. The van der Waals surface area contributed by atoms with Crippen LogP contribution >= 0.6 is 12.4 Å². The summed E-state index contributed by atoms with van der Waals surface area (Å²) in [5.41, 5.74) is 8.74. The number of nitrogens with one attached hydrogen (secondary N) is 1. The molecule has 1 aromatic carbocycles. The summed E-state index contributed by atoms with van der Waals surface area (Å²) < 4.78 is 5.00. The molecule has 0 atom stereocenters. The molecule has 0 aliphatic rings. The third-order valence-electron chi connectivity index (χ3n) is 1.72. The Kier molecular flexibility index (Phi) is 7.54. The highest BCUT2D eigenvalue weighted by Gasteiger charge is 2.01. The number of esters is 1. The van der Waals surface area contributed by atoms with Crippen molar-refractivity contribution in [1.82, 2.24) is 5.43 Å². The van der Waals surface area contributed by atoms with Crippen LogP contribution in [-0.2, 0) is 16.1 Å². The highest BCUT2D eigenvalue weighted by Crippen LogP contribution is 2.00. The van der Waals surface area contributed by atoms with Gasteiger partial charge >= 0.3 is 5.97 Å². The van der Waals surface area contributed by atoms with Crippen molar-refractivity contribution >= 4 is 24.2 Å². The van der Waals surface area contributed by atoms with Crippen LogP contribution in [0.4, 0.5) is 0 Å². The third-order valence-corrected chi connectivity index (χ3v) is 1.72. The van der Waals surface area contributed by atoms with Gasteiger partial charge in [0.05, 0.1) is 0 Å². The molecule has 1 aromatic rings. The van der Waals surface area contributed by atoms with Crippen LogP contribution in [0.2, 0.25) is 0 Å². The molecule has 0 spiro atoms. The topological polar surface area (TPSA) is 76.7 Å². The molecule has 0 fully saturated rings. The highest BCUT2D eigenvalue weighted by atomic mass is 35.5. The molecule has 0 heterocycles. The smallest absolute Gasteiger partial charge is 0.327 e. The fourth-order valence-corrected chi connectivity index (χ4v) is 1.02. The van der Waals surface area contributed by atoms with Crippen LogP contribution in [0.15, 0.2) is 35.4 Å². The Morgan fingerprint density at radius 3 is 2.65 bits per heavy atom. The number of hydrogen-bond acceptors (Lipinski definition) is 4. The lowest BCUT2D eigenvalue weighted by Gasteiger charge is -2.04. The van der Waals surface area contributed by atoms with Crippen LogP contribution in [0.25, 0.3) is 0 Å². The summed E-state index contributed by atoms with van der Waals surface area (Å²) in [6, 6.07) is 9.48. The monoisotopic (exact) mass is 257 g/mol. The lowest BCUT2D eigenvalue weighted by atomic mass is 10.2. The molecule has 0 saturated carbocycles. The predicted octanol–water partition coefficient (Wildman–Crippen LogP) is 1.03. The Morgan fingerprint density at radius 1 is 1.41 bits per heavy atom. The maximum absolute atomic E-state index is 11.2. The molecule has 0 aliphatic heterocycles. The minimum absolute atomic E-state index is 0. The number of ether oxygens (including phenoxy) is 1. The van der Waals surface area contributed by atoms with E-state index in [1.165, 1.54) is 0 Å². The molecule has 0 amide bonds. The van der Waals surface area contributed by atoms with Gasteiger partial charge in [-0.1, -0.05) is 30.3 Å². The van der Waals surface area contributed by atoms with E-state index in [-0.39, 0.29) is 31.5 Å². The van der Waals surface area contributed by atoms with E-state index >= 15 is 0 Å². The molecule has 3 N–H and O–H groups in total. The van der Waals surface area contributed by atoms with E-state index in [0.717, 1.165) is 5.56 Å². The minimum atomic E-state index is -0.367. The number of hydrogen-bond donors (Lipinski definition) is 2. The first-order chi connectivity index (χ1) is 7.68. The minimum Gasteiger partial charge on any atom is -0.459 e. The summed E-state index contributed by atoms with van der Waals surface area (Å²) in [4.78, 5) is 11.2. The van der Waals surface area contributed by atoms with Crippen molar-refractivity contribution in [2.24, 2.45) is 10.8 Å². The fraction of sp³-hybridized carbons (Fsp3) is 0.273. The first kappa shape index (κ1) is 15.2. The van der Waals surface area contributed by atoms with Gasteiger partial charge in [0, 0.05) is 0 Å². The number of halogens is 1. The van der Waals surface area contributed by atoms with Gasteiger partial charge in [-0.05, 0) is 12.5 Å². The van der Waals surface area contributed by atoms with Gasteiger partial charge in [0.15, 0.2) is 0 Å². The number of amidine groups is 1. The number of carbonyl (C=O) groups excluding carboxylic acids is 1. The van der Waals surface area contributed by atoms with E-state index in [1.807, 2.05) is 30.3 Å². The van der Waals surface area contributed by atoms with Crippen molar-refractivity contribution < 1.29 is 9.53 Å². The van der Waals surface area contributed by atoms with Crippen LogP contribution in [0.1, 0.15) is 12.5 Å². The zero-order valence-corrected chi connectivity index (χ0v) is 10.4. The van der Waals surface area contributed by atoms with Crippen molar-refractivity contribution in [3.8, 4) is 0 Å². The van der Waals surface area contributed by atoms with Crippen LogP contribution in [0.3, 0.4) is 0 Å². The molecular weight excluding hydrogens is 242 g/mol. The second kappa shape index (κ2) is 8.41. The van der Waals surface area contributed by atoms with Crippen LogP contribution in [-0.4, -0.2) is 18.3 Å². The van der Waals surface area contributed by atoms with E-state index < -0.39 is 0 Å². The molecule has 0 unspecified atom stereocenters. The maximum Gasteiger partial charge on any atom is 0.327 e.